The minimum Gasteiger partial charge on any atom is -0.506 e. The Bertz CT molecular complexity index is 1470. The molecule has 0 radical (unpaired) electrons. The lowest BCUT2D eigenvalue weighted by molar-refractivity contribution is 0.466. The van der Waals surface area contributed by atoms with E-state index in [1.807, 2.05) is 30.3 Å². The average molecular weight is 382 g/mol. The molecule has 0 amide bonds. The first kappa shape index (κ1) is 17.3. The van der Waals surface area contributed by atoms with Crippen LogP contribution in [-0.2, 0) is 6.54 Å². The normalized spacial score (nSPS) is 11.9. The van der Waals surface area contributed by atoms with Crippen LogP contribution in [0.2, 0.25) is 0 Å². The van der Waals surface area contributed by atoms with Gasteiger partial charge in [-0.05, 0) is 43.3 Å². The van der Waals surface area contributed by atoms with E-state index in [1.165, 1.54) is 11.7 Å². The molecule has 1 N–H and O–H groups in total. The molecular formula is C24H18N2O3. The molecule has 0 saturated heterocycles. The van der Waals surface area contributed by atoms with E-state index in [4.69, 9.17) is 4.42 Å². The Labute approximate surface area is 166 Å². The number of nitrogens with zero attached hydrogens (tertiary/aromatic N) is 2. The molecule has 5 aromatic rings. The minimum atomic E-state index is -0.617. The predicted octanol–water partition coefficient (Wildman–Crippen LogP) is 5.38. The average Bonchev–Trinajstić information content (AvgIpc) is 3.06. The molecule has 0 aliphatic heterocycles. The smallest absolute Gasteiger partial charge is 0.348 e. The van der Waals surface area contributed by atoms with Crippen LogP contribution in [0.15, 0.2) is 80.9 Å². The van der Waals surface area contributed by atoms with Gasteiger partial charge in [0.05, 0.1) is 11.1 Å². The zero-order chi connectivity index (χ0) is 20.0. The lowest BCUT2D eigenvalue weighted by Crippen LogP contribution is -2.06. The van der Waals surface area contributed by atoms with Gasteiger partial charge in [0.2, 0.25) is 0 Å². The molecule has 0 bridgehead atoms. The molecule has 0 saturated carbocycles. The van der Waals surface area contributed by atoms with E-state index in [9.17, 15) is 9.90 Å². The first-order valence-corrected chi connectivity index (χ1v) is 9.47. The quantitative estimate of drug-likeness (QED) is 0.337. The third kappa shape index (κ3) is 2.70. The third-order valence-corrected chi connectivity index (χ3v) is 5.23. The SMILES string of the molecule is CCn1c2ccccc2c2cc(N=Cc3c(O)c4ccccc4oc3=O)ccc21. The van der Waals surface area contributed by atoms with Crippen LogP contribution in [0.25, 0.3) is 32.8 Å². The van der Waals surface area contributed by atoms with Gasteiger partial charge >= 0.3 is 5.63 Å². The summed E-state index contributed by atoms with van der Waals surface area (Å²) in [5.41, 5.74) is 2.79. The summed E-state index contributed by atoms with van der Waals surface area (Å²) in [5, 5.41) is 13.2. The largest absolute Gasteiger partial charge is 0.506 e. The van der Waals surface area contributed by atoms with E-state index in [-0.39, 0.29) is 11.3 Å². The van der Waals surface area contributed by atoms with Gasteiger partial charge in [-0.1, -0.05) is 30.3 Å². The fourth-order valence-corrected chi connectivity index (χ4v) is 3.86. The molecule has 142 valence electrons. The van der Waals surface area contributed by atoms with Crippen molar-refractivity contribution in [3.63, 3.8) is 0 Å². The van der Waals surface area contributed by atoms with Gasteiger partial charge in [-0.25, -0.2) is 4.79 Å². The first-order chi connectivity index (χ1) is 14.2. The number of aromatic hydroxyl groups is 1. The van der Waals surface area contributed by atoms with Crippen LogP contribution in [0.5, 0.6) is 5.75 Å². The van der Waals surface area contributed by atoms with Gasteiger partial charge in [-0.2, -0.15) is 0 Å². The number of hydrogen-bond donors (Lipinski definition) is 1. The fraction of sp³-hybridized carbons (Fsp3) is 0.0833. The zero-order valence-corrected chi connectivity index (χ0v) is 15.8. The summed E-state index contributed by atoms with van der Waals surface area (Å²) >= 11 is 0. The highest BCUT2D eigenvalue weighted by atomic mass is 16.4. The molecule has 0 fully saturated rings. The molecule has 2 heterocycles. The van der Waals surface area contributed by atoms with Crippen LogP contribution in [0.3, 0.4) is 0 Å². The highest BCUT2D eigenvalue weighted by molar-refractivity contribution is 6.09. The molecule has 0 aliphatic carbocycles. The lowest BCUT2D eigenvalue weighted by Gasteiger charge is -2.03. The van der Waals surface area contributed by atoms with Crippen LogP contribution in [0, 0.1) is 0 Å². The summed E-state index contributed by atoms with van der Waals surface area (Å²) < 4.78 is 7.56. The van der Waals surface area contributed by atoms with Crippen LogP contribution < -0.4 is 5.63 Å². The predicted molar refractivity (Wildman–Crippen MR) is 117 cm³/mol. The van der Waals surface area contributed by atoms with E-state index < -0.39 is 5.63 Å². The van der Waals surface area contributed by atoms with Gasteiger partial charge in [0.15, 0.2) is 0 Å². The lowest BCUT2D eigenvalue weighted by atomic mass is 10.1. The summed E-state index contributed by atoms with van der Waals surface area (Å²) in [5.74, 6) is -0.121. The van der Waals surface area contributed by atoms with Crippen molar-refractivity contribution in [2.45, 2.75) is 13.5 Å². The molecule has 5 heteroatoms. The second-order valence-corrected chi connectivity index (χ2v) is 6.87. The summed E-state index contributed by atoms with van der Waals surface area (Å²) in [6.45, 7) is 3.00. The van der Waals surface area contributed by atoms with E-state index in [0.29, 0.717) is 16.7 Å². The number of hydrogen-bond acceptors (Lipinski definition) is 4. The van der Waals surface area contributed by atoms with E-state index in [0.717, 1.165) is 22.8 Å². The molecule has 0 aliphatic rings. The zero-order valence-electron chi connectivity index (χ0n) is 15.8. The number of fused-ring (bicyclic) bond motifs is 4. The van der Waals surface area contributed by atoms with Gasteiger partial charge in [0.25, 0.3) is 0 Å². The maximum atomic E-state index is 12.3. The second-order valence-electron chi connectivity index (χ2n) is 6.87. The molecular weight excluding hydrogens is 364 g/mol. The third-order valence-electron chi connectivity index (χ3n) is 5.23. The van der Waals surface area contributed by atoms with Crippen LogP contribution in [-0.4, -0.2) is 15.9 Å². The number of aliphatic imine (C=N–C) groups is 1. The van der Waals surface area contributed by atoms with Crippen molar-refractivity contribution in [3.05, 3.63) is 82.7 Å². The van der Waals surface area contributed by atoms with E-state index >= 15 is 0 Å². The van der Waals surface area contributed by atoms with Gasteiger partial charge in [-0.3, -0.25) is 4.99 Å². The standard InChI is InChI=1S/C24H18N2O3/c1-2-26-20-9-5-3-7-16(20)18-13-15(11-12-21(18)26)25-14-19-23(27)17-8-4-6-10-22(17)29-24(19)28/h3-14,27H,2H2,1H3. The summed E-state index contributed by atoms with van der Waals surface area (Å²) in [6.07, 6.45) is 1.37. The van der Waals surface area contributed by atoms with Crippen molar-refractivity contribution in [1.29, 1.82) is 0 Å². The van der Waals surface area contributed by atoms with Crippen LogP contribution >= 0.6 is 0 Å². The minimum absolute atomic E-state index is 0.0415. The summed E-state index contributed by atoms with van der Waals surface area (Å²) in [7, 11) is 0. The van der Waals surface area contributed by atoms with Crippen molar-refractivity contribution in [2.75, 3.05) is 0 Å². The number of aryl methyl sites for hydroxylation is 1. The van der Waals surface area contributed by atoms with Gasteiger partial charge in [0, 0.05) is 34.6 Å². The van der Waals surface area contributed by atoms with Crippen molar-refractivity contribution < 1.29 is 9.52 Å². The second kappa shape index (κ2) is 6.63. The van der Waals surface area contributed by atoms with Crippen molar-refractivity contribution in [1.82, 2.24) is 4.57 Å². The molecule has 2 aromatic heterocycles. The van der Waals surface area contributed by atoms with Crippen LogP contribution in [0.4, 0.5) is 5.69 Å². The number of para-hydroxylation sites is 2. The Morgan fingerprint density at radius 1 is 0.966 bits per heavy atom. The number of benzene rings is 3. The molecule has 0 spiro atoms. The molecule has 5 rings (SSSR count). The summed E-state index contributed by atoms with van der Waals surface area (Å²) in [6, 6.07) is 21.1. The van der Waals surface area contributed by atoms with Crippen molar-refractivity contribution in [3.8, 4) is 5.75 Å². The van der Waals surface area contributed by atoms with E-state index in [2.05, 4.69) is 28.6 Å². The summed E-state index contributed by atoms with van der Waals surface area (Å²) in [4.78, 5) is 16.7. The van der Waals surface area contributed by atoms with E-state index in [1.54, 1.807) is 24.3 Å². The highest BCUT2D eigenvalue weighted by Gasteiger charge is 2.12. The topological polar surface area (TPSA) is 67.7 Å². The Morgan fingerprint density at radius 3 is 2.52 bits per heavy atom. The molecule has 0 unspecified atom stereocenters. The molecule has 0 atom stereocenters. The van der Waals surface area contributed by atoms with Gasteiger partial charge in [0.1, 0.15) is 16.9 Å². The Morgan fingerprint density at radius 2 is 1.69 bits per heavy atom. The fourth-order valence-electron chi connectivity index (χ4n) is 3.86. The van der Waals surface area contributed by atoms with Crippen molar-refractivity contribution in [2.24, 2.45) is 4.99 Å². The number of aromatic nitrogens is 1. The molecule has 5 nitrogen and oxygen atoms in total. The maximum Gasteiger partial charge on any atom is 0.348 e. The first-order valence-electron chi connectivity index (χ1n) is 9.47. The molecule has 3 aromatic carbocycles. The molecule has 29 heavy (non-hydrogen) atoms. The Kier molecular flexibility index (Phi) is 3.95. The monoisotopic (exact) mass is 382 g/mol. The Hall–Kier alpha value is -3.86. The Balaban J connectivity index is 1.64. The van der Waals surface area contributed by atoms with Crippen molar-refractivity contribution >= 4 is 44.7 Å². The number of rotatable bonds is 3. The van der Waals surface area contributed by atoms with Gasteiger partial charge < -0.3 is 14.1 Å². The van der Waals surface area contributed by atoms with Crippen LogP contribution in [0.1, 0.15) is 12.5 Å². The highest BCUT2D eigenvalue weighted by Crippen LogP contribution is 2.32. The maximum absolute atomic E-state index is 12.3. The van der Waals surface area contributed by atoms with Gasteiger partial charge in [-0.15, -0.1) is 0 Å².